The Balaban J connectivity index is 2.45. The molecule has 0 radical (unpaired) electrons. The fraction of sp³-hybridized carbons (Fsp3) is 0.455. The summed E-state index contributed by atoms with van der Waals surface area (Å²) >= 11 is 6.05. The molecule has 1 aliphatic rings. The highest BCUT2D eigenvalue weighted by molar-refractivity contribution is 6.32. The van der Waals surface area contributed by atoms with E-state index in [1.807, 2.05) is 0 Å². The molecule has 102 valence electrons. The molecule has 0 bridgehead atoms. The summed E-state index contributed by atoms with van der Waals surface area (Å²) in [6.07, 6.45) is 0. The maximum Gasteiger partial charge on any atom is 0.244 e. The van der Waals surface area contributed by atoms with Gasteiger partial charge in [-0.15, -0.1) is 0 Å². The number of nitrogens with zero attached hydrogens (tertiary/aromatic N) is 4. The Morgan fingerprint density at radius 3 is 2.89 bits per heavy atom. The summed E-state index contributed by atoms with van der Waals surface area (Å²) in [5.74, 6) is 1.11. The van der Waals surface area contributed by atoms with Gasteiger partial charge in [-0.1, -0.05) is 11.6 Å². The fourth-order valence-electron chi connectivity index (χ4n) is 1.74. The molecule has 0 aliphatic carbocycles. The van der Waals surface area contributed by atoms with E-state index in [-0.39, 0.29) is 16.9 Å². The molecule has 0 atom stereocenters. The van der Waals surface area contributed by atoms with E-state index in [4.69, 9.17) is 16.3 Å². The van der Waals surface area contributed by atoms with Gasteiger partial charge < -0.3 is 10.1 Å². The summed E-state index contributed by atoms with van der Waals surface area (Å²) in [6.45, 7) is 4.40. The van der Waals surface area contributed by atoms with Gasteiger partial charge in [-0.25, -0.2) is 9.98 Å². The van der Waals surface area contributed by atoms with E-state index in [0.29, 0.717) is 30.6 Å². The van der Waals surface area contributed by atoms with Gasteiger partial charge in [-0.2, -0.15) is 4.98 Å². The summed E-state index contributed by atoms with van der Waals surface area (Å²) < 4.78 is 5.14. The summed E-state index contributed by atoms with van der Waals surface area (Å²) in [5, 5.41) is 3.20. The van der Waals surface area contributed by atoms with Crippen LogP contribution in [0.1, 0.15) is 12.7 Å². The van der Waals surface area contributed by atoms with E-state index in [9.17, 15) is 4.79 Å². The first-order valence-corrected chi connectivity index (χ1v) is 6.09. The van der Waals surface area contributed by atoms with E-state index < -0.39 is 0 Å². The van der Waals surface area contributed by atoms with Crippen LogP contribution in [-0.2, 0) is 4.79 Å². The van der Waals surface area contributed by atoms with Crippen LogP contribution in [0.4, 0.5) is 5.69 Å². The lowest BCUT2D eigenvalue weighted by Crippen LogP contribution is -2.33. The second-order valence-electron chi connectivity index (χ2n) is 3.95. The van der Waals surface area contributed by atoms with Gasteiger partial charge in [0.1, 0.15) is 5.82 Å². The van der Waals surface area contributed by atoms with Crippen LogP contribution in [-0.4, -0.2) is 46.9 Å². The largest absolute Gasteiger partial charge is 0.479 e. The SMILES string of the molecule is COc1nc(C)nc(Cl)c1N=C1NCCN1C(C)=O. The van der Waals surface area contributed by atoms with Crippen molar-refractivity contribution in [3.05, 3.63) is 11.0 Å². The maximum absolute atomic E-state index is 11.4. The standard InChI is InChI=1S/C11H14ClN5O2/c1-6-14-9(12)8(10(15-6)19-3)16-11-13-4-5-17(11)7(2)18/h4-5H2,1-3H3,(H,13,16). The maximum atomic E-state index is 11.4. The van der Waals surface area contributed by atoms with Gasteiger partial charge >= 0.3 is 0 Å². The average Bonchev–Trinajstić information content (AvgIpc) is 2.80. The van der Waals surface area contributed by atoms with Crippen LogP contribution in [0.5, 0.6) is 5.88 Å². The lowest BCUT2D eigenvalue weighted by Gasteiger charge is -2.13. The van der Waals surface area contributed by atoms with Crippen molar-refractivity contribution in [1.29, 1.82) is 0 Å². The number of halogens is 1. The minimum absolute atomic E-state index is 0.0909. The number of aromatic nitrogens is 2. The Bertz CT molecular complexity index is 546. The van der Waals surface area contributed by atoms with Gasteiger partial charge in [-0.3, -0.25) is 9.69 Å². The molecule has 1 N–H and O–H groups in total. The average molecular weight is 284 g/mol. The number of aryl methyl sites for hydroxylation is 1. The van der Waals surface area contributed by atoms with Gasteiger partial charge in [0.05, 0.1) is 7.11 Å². The number of ether oxygens (including phenoxy) is 1. The Hall–Kier alpha value is -1.89. The molecule has 0 saturated carbocycles. The van der Waals surface area contributed by atoms with Crippen LogP contribution in [0.25, 0.3) is 0 Å². The summed E-state index contributed by atoms with van der Waals surface area (Å²) in [5.41, 5.74) is 0.311. The minimum Gasteiger partial charge on any atom is -0.479 e. The van der Waals surface area contributed by atoms with Crippen molar-refractivity contribution in [1.82, 2.24) is 20.2 Å². The molecule has 19 heavy (non-hydrogen) atoms. The number of rotatable bonds is 2. The van der Waals surface area contributed by atoms with Crippen molar-refractivity contribution in [2.75, 3.05) is 20.2 Å². The minimum atomic E-state index is -0.0909. The molecular formula is C11H14ClN5O2. The third kappa shape index (κ3) is 2.76. The molecule has 2 rings (SSSR count). The van der Waals surface area contributed by atoms with Crippen LogP contribution in [0, 0.1) is 6.92 Å². The molecule has 1 aromatic heterocycles. The van der Waals surface area contributed by atoms with Gasteiger partial charge in [0.2, 0.25) is 17.7 Å². The molecule has 0 unspecified atom stereocenters. The molecule has 7 nitrogen and oxygen atoms in total. The first-order valence-electron chi connectivity index (χ1n) is 5.71. The van der Waals surface area contributed by atoms with E-state index in [1.165, 1.54) is 18.9 Å². The van der Waals surface area contributed by atoms with Crippen molar-refractivity contribution < 1.29 is 9.53 Å². The molecule has 0 aromatic carbocycles. The van der Waals surface area contributed by atoms with Gasteiger partial charge in [0.15, 0.2) is 10.8 Å². The highest BCUT2D eigenvalue weighted by Crippen LogP contribution is 2.32. The molecular weight excluding hydrogens is 270 g/mol. The monoisotopic (exact) mass is 283 g/mol. The van der Waals surface area contributed by atoms with E-state index in [0.717, 1.165) is 0 Å². The molecule has 8 heteroatoms. The third-order valence-electron chi connectivity index (χ3n) is 2.59. The van der Waals surface area contributed by atoms with E-state index in [2.05, 4.69) is 20.3 Å². The van der Waals surface area contributed by atoms with Gasteiger partial charge in [0.25, 0.3) is 0 Å². The molecule has 1 fully saturated rings. The first-order chi connectivity index (χ1) is 9.02. The highest BCUT2D eigenvalue weighted by atomic mass is 35.5. The second-order valence-corrected chi connectivity index (χ2v) is 4.31. The Labute approximate surface area is 115 Å². The third-order valence-corrected chi connectivity index (χ3v) is 2.85. The Morgan fingerprint density at radius 2 is 2.26 bits per heavy atom. The van der Waals surface area contributed by atoms with E-state index >= 15 is 0 Å². The van der Waals surface area contributed by atoms with Crippen LogP contribution < -0.4 is 10.1 Å². The van der Waals surface area contributed by atoms with Crippen molar-refractivity contribution in [2.24, 2.45) is 4.99 Å². The number of amides is 1. The number of carbonyl (C=O) groups is 1. The van der Waals surface area contributed by atoms with Crippen molar-refractivity contribution >= 4 is 29.2 Å². The number of carbonyl (C=O) groups excluding carboxylic acids is 1. The predicted molar refractivity (Wildman–Crippen MR) is 70.8 cm³/mol. The van der Waals surface area contributed by atoms with Crippen molar-refractivity contribution in [2.45, 2.75) is 13.8 Å². The summed E-state index contributed by atoms with van der Waals surface area (Å²) in [4.78, 5) is 25.4. The normalized spacial score (nSPS) is 16.6. The van der Waals surface area contributed by atoms with Crippen molar-refractivity contribution in [3.63, 3.8) is 0 Å². The van der Waals surface area contributed by atoms with Crippen LogP contribution in [0.2, 0.25) is 5.15 Å². The number of nitrogens with one attached hydrogen (secondary N) is 1. The van der Waals surface area contributed by atoms with Gasteiger partial charge in [-0.05, 0) is 6.92 Å². The van der Waals surface area contributed by atoms with Crippen molar-refractivity contribution in [3.8, 4) is 5.88 Å². The zero-order valence-corrected chi connectivity index (χ0v) is 11.7. The lowest BCUT2D eigenvalue weighted by molar-refractivity contribution is -0.124. The number of methoxy groups -OCH3 is 1. The summed E-state index contributed by atoms with van der Waals surface area (Å²) in [7, 11) is 1.48. The summed E-state index contributed by atoms with van der Waals surface area (Å²) in [6, 6.07) is 0. The predicted octanol–water partition coefficient (Wildman–Crippen LogP) is 0.886. The molecule has 2 heterocycles. The first kappa shape index (κ1) is 13.5. The van der Waals surface area contributed by atoms with Gasteiger partial charge in [0, 0.05) is 20.0 Å². The smallest absolute Gasteiger partial charge is 0.244 e. The molecule has 1 aliphatic heterocycles. The van der Waals surface area contributed by atoms with Crippen LogP contribution in [0.15, 0.2) is 4.99 Å². The molecule has 0 spiro atoms. The topological polar surface area (TPSA) is 79.7 Å². The Kier molecular flexibility index (Phi) is 3.84. The quantitative estimate of drug-likeness (QED) is 0.815. The van der Waals surface area contributed by atoms with E-state index in [1.54, 1.807) is 6.92 Å². The van der Waals surface area contributed by atoms with Crippen LogP contribution >= 0.6 is 11.6 Å². The lowest BCUT2D eigenvalue weighted by atomic mass is 10.5. The molecule has 1 amide bonds. The van der Waals surface area contributed by atoms with Crippen LogP contribution in [0.3, 0.4) is 0 Å². The number of hydrogen-bond acceptors (Lipinski definition) is 5. The highest BCUT2D eigenvalue weighted by Gasteiger charge is 2.23. The Morgan fingerprint density at radius 1 is 1.53 bits per heavy atom. The molecule has 1 aromatic rings. The zero-order valence-electron chi connectivity index (χ0n) is 10.9. The molecule has 1 saturated heterocycles. The number of guanidine groups is 1. The number of hydrogen-bond donors (Lipinski definition) is 1. The number of aliphatic imine (C=N–C) groups is 1. The zero-order chi connectivity index (χ0) is 14.0. The second kappa shape index (κ2) is 5.40. The fourth-order valence-corrected chi connectivity index (χ4v) is 1.98.